The van der Waals surface area contributed by atoms with Gasteiger partial charge in [0.2, 0.25) is 0 Å². The van der Waals surface area contributed by atoms with E-state index >= 15 is 0 Å². The summed E-state index contributed by atoms with van der Waals surface area (Å²) in [6.45, 7) is 3.82. The van der Waals surface area contributed by atoms with Crippen molar-refractivity contribution >= 4 is 27.8 Å². The Morgan fingerprint density at radius 1 is 1.00 bits per heavy atom. The first-order chi connectivity index (χ1) is 13.6. The highest BCUT2D eigenvalue weighted by Gasteiger charge is 2.29. The molecule has 0 aromatic heterocycles. The van der Waals surface area contributed by atoms with Gasteiger partial charge in [-0.3, -0.25) is 9.59 Å². The lowest BCUT2D eigenvalue weighted by atomic mass is 9.96. The molecule has 0 aliphatic carbocycles. The summed E-state index contributed by atoms with van der Waals surface area (Å²) < 4.78 is 12.0. The van der Waals surface area contributed by atoms with Crippen LogP contribution in [0.25, 0.3) is 0 Å². The Bertz CT molecular complexity index is 796. The predicted octanol–water partition coefficient (Wildman–Crippen LogP) is 4.70. The molecule has 1 saturated heterocycles. The molecule has 0 bridgehead atoms. The molecule has 6 heteroatoms. The molecule has 0 unspecified atom stereocenters. The van der Waals surface area contributed by atoms with E-state index in [1.54, 1.807) is 41.3 Å². The van der Waals surface area contributed by atoms with Crippen molar-refractivity contribution in [2.45, 2.75) is 26.2 Å². The highest BCUT2D eigenvalue weighted by atomic mass is 79.9. The number of hydrogen-bond acceptors (Lipinski definition) is 4. The van der Waals surface area contributed by atoms with Crippen molar-refractivity contribution in [3.8, 4) is 11.5 Å². The number of halogens is 1. The van der Waals surface area contributed by atoms with Crippen molar-refractivity contribution in [2.75, 3.05) is 19.7 Å². The molecule has 1 amide bonds. The summed E-state index contributed by atoms with van der Waals surface area (Å²) in [4.78, 5) is 26.8. The Kier molecular flexibility index (Phi) is 7.09. The van der Waals surface area contributed by atoms with Crippen molar-refractivity contribution < 1.29 is 19.1 Å². The Morgan fingerprint density at radius 2 is 1.61 bits per heavy atom. The molecule has 5 nitrogen and oxygen atoms in total. The van der Waals surface area contributed by atoms with E-state index in [0.717, 1.165) is 16.6 Å². The highest BCUT2D eigenvalue weighted by Crippen LogP contribution is 2.24. The third kappa shape index (κ3) is 5.35. The van der Waals surface area contributed by atoms with Gasteiger partial charge in [-0.15, -0.1) is 0 Å². The third-order valence-electron chi connectivity index (χ3n) is 4.72. The van der Waals surface area contributed by atoms with Crippen LogP contribution in [-0.2, 0) is 4.79 Å². The van der Waals surface area contributed by atoms with Crippen LogP contribution in [-0.4, -0.2) is 36.5 Å². The smallest absolute Gasteiger partial charge is 0.314 e. The zero-order valence-corrected chi connectivity index (χ0v) is 17.5. The van der Waals surface area contributed by atoms with Gasteiger partial charge in [0, 0.05) is 23.1 Å². The normalized spacial score (nSPS) is 14.6. The van der Waals surface area contributed by atoms with Crippen LogP contribution in [0.3, 0.4) is 0 Å². The third-order valence-corrected chi connectivity index (χ3v) is 5.25. The molecule has 0 saturated carbocycles. The second-order valence-electron chi connectivity index (χ2n) is 6.81. The highest BCUT2D eigenvalue weighted by molar-refractivity contribution is 9.10. The first kappa shape index (κ1) is 20.4. The van der Waals surface area contributed by atoms with E-state index in [1.165, 1.54) is 0 Å². The molecule has 2 aromatic rings. The Hall–Kier alpha value is -2.34. The van der Waals surface area contributed by atoms with Crippen LogP contribution in [0.4, 0.5) is 0 Å². The molecule has 28 heavy (non-hydrogen) atoms. The van der Waals surface area contributed by atoms with Gasteiger partial charge in [-0.05, 0) is 67.8 Å². The Balaban J connectivity index is 1.49. The number of piperidine rings is 1. The Morgan fingerprint density at radius 3 is 2.21 bits per heavy atom. The lowest BCUT2D eigenvalue weighted by molar-refractivity contribution is -0.140. The number of likely N-dealkylation sites (tertiary alicyclic amines) is 1. The molecule has 0 radical (unpaired) electrons. The quantitative estimate of drug-likeness (QED) is 0.477. The van der Waals surface area contributed by atoms with Crippen LogP contribution in [0.5, 0.6) is 11.5 Å². The van der Waals surface area contributed by atoms with Crippen LogP contribution < -0.4 is 9.47 Å². The largest absolute Gasteiger partial charge is 0.494 e. The summed E-state index contributed by atoms with van der Waals surface area (Å²) in [7, 11) is 0. The SMILES string of the molecule is CCCOc1ccc(OC(=O)C2CCN(C(=O)c3ccc(Br)cc3)CC2)cc1. The molecular formula is C22H24BrNO4. The summed E-state index contributed by atoms with van der Waals surface area (Å²) in [6, 6.07) is 14.4. The van der Waals surface area contributed by atoms with Gasteiger partial charge in [0.1, 0.15) is 11.5 Å². The maximum Gasteiger partial charge on any atom is 0.314 e. The van der Waals surface area contributed by atoms with Gasteiger partial charge in [-0.25, -0.2) is 0 Å². The van der Waals surface area contributed by atoms with Crippen molar-refractivity contribution in [3.05, 3.63) is 58.6 Å². The predicted molar refractivity (Wildman–Crippen MR) is 111 cm³/mol. The number of carbonyl (C=O) groups excluding carboxylic acids is 2. The van der Waals surface area contributed by atoms with Crippen molar-refractivity contribution in [2.24, 2.45) is 5.92 Å². The monoisotopic (exact) mass is 445 g/mol. The molecule has 1 aliphatic heterocycles. The maximum absolute atomic E-state index is 12.6. The first-order valence-corrected chi connectivity index (χ1v) is 10.4. The van der Waals surface area contributed by atoms with E-state index in [9.17, 15) is 9.59 Å². The van der Waals surface area contributed by atoms with Crippen LogP contribution >= 0.6 is 15.9 Å². The molecule has 1 heterocycles. The van der Waals surface area contributed by atoms with E-state index in [0.29, 0.717) is 43.9 Å². The molecule has 3 rings (SSSR count). The standard InChI is InChI=1S/C22H24BrNO4/c1-2-15-27-19-7-9-20(10-8-19)28-22(26)17-11-13-24(14-12-17)21(25)16-3-5-18(23)6-4-16/h3-10,17H,2,11-15H2,1H3. The minimum absolute atomic E-state index is 0.00184. The summed E-state index contributed by atoms with van der Waals surface area (Å²) in [5.74, 6) is 0.855. The van der Waals surface area contributed by atoms with E-state index < -0.39 is 0 Å². The molecule has 0 atom stereocenters. The fraction of sp³-hybridized carbons (Fsp3) is 0.364. The average Bonchev–Trinajstić information content (AvgIpc) is 2.73. The van der Waals surface area contributed by atoms with Crippen molar-refractivity contribution in [1.29, 1.82) is 0 Å². The fourth-order valence-corrected chi connectivity index (χ4v) is 3.38. The van der Waals surface area contributed by atoms with Crippen LogP contribution in [0, 0.1) is 5.92 Å². The van der Waals surface area contributed by atoms with Crippen LogP contribution in [0.1, 0.15) is 36.5 Å². The van der Waals surface area contributed by atoms with E-state index in [2.05, 4.69) is 15.9 Å². The summed E-state index contributed by atoms with van der Waals surface area (Å²) in [5.41, 5.74) is 0.662. The number of rotatable bonds is 6. The van der Waals surface area contributed by atoms with Gasteiger partial charge in [0.25, 0.3) is 5.91 Å². The number of amides is 1. The Labute approximate surface area is 173 Å². The van der Waals surface area contributed by atoms with Gasteiger partial charge >= 0.3 is 5.97 Å². The summed E-state index contributed by atoms with van der Waals surface area (Å²) in [5, 5.41) is 0. The fourth-order valence-electron chi connectivity index (χ4n) is 3.12. The lowest BCUT2D eigenvalue weighted by Gasteiger charge is -2.31. The second kappa shape index (κ2) is 9.73. The summed E-state index contributed by atoms with van der Waals surface area (Å²) >= 11 is 3.37. The molecule has 2 aromatic carbocycles. The van der Waals surface area contributed by atoms with E-state index in [4.69, 9.17) is 9.47 Å². The number of carbonyl (C=O) groups is 2. The van der Waals surface area contributed by atoms with Gasteiger partial charge in [-0.1, -0.05) is 22.9 Å². The topological polar surface area (TPSA) is 55.8 Å². The molecule has 148 valence electrons. The van der Waals surface area contributed by atoms with Crippen LogP contribution in [0.2, 0.25) is 0 Å². The van der Waals surface area contributed by atoms with Gasteiger partial charge < -0.3 is 14.4 Å². The number of esters is 1. The second-order valence-corrected chi connectivity index (χ2v) is 7.73. The average molecular weight is 446 g/mol. The van der Waals surface area contributed by atoms with Gasteiger partial charge in [0.15, 0.2) is 0 Å². The first-order valence-electron chi connectivity index (χ1n) is 9.56. The molecule has 0 spiro atoms. The van der Waals surface area contributed by atoms with Crippen molar-refractivity contribution in [3.63, 3.8) is 0 Å². The number of ether oxygens (including phenoxy) is 2. The number of hydrogen-bond donors (Lipinski definition) is 0. The molecule has 0 N–H and O–H groups in total. The van der Waals surface area contributed by atoms with Gasteiger partial charge in [-0.2, -0.15) is 0 Å². The van der Waals surface area contributed by atoms with Crippen LogP contribution in [0.15, 0.2) is 53.0 Å². The van der Waals surface area contributed by atoms with Crippen molar-refractivity contribution in [1.82, 2.24) is 4.90 Å². The minimum atomic E-state index is -0.238. The summed E-state index contributed by atoms with van der Waals surface area (Å²) in [6.07, 6.45) is 2.16. The minimum Gasteiger partial charge on any atom is -0.494 e. The van der Waals surface area contributed by atoms with E-state index in [1.807, 2.05) is 19.1 Å². The zero-order valence-electron chi connectivity index (χ0n) is 15.9. The lowest BCUT2D eigenvalue weighted by Crippen LogP contribution is -2.41. The zero-order chi connectivity index (χ0) is 19.9. The number of benzene rings is 2. The molecular weight excluding hydrogens is 422 g/mol. The van der Waals surface area contributed by atoms with Gasteiger partial charge in [0.05, 0.1) is 12.5 Å². The van der Waals surface area contributed by atoms with E-state index in [-0.39, 0.29) is 17.8 Å². The molecule has 1 aliphatic rings. The molecule has 1 fully saturated rings. The number of nitrogens with zero attached hydrogens (tertiary/aromatic N) is 1. The maximum atomic E-state index is 12.6.